The van der Waals surface area contributed by atoms with Crippen LogP contribution in [0.1, 0.15) is 37.7 Å². The van der Waals surface area contributed by atoms with Crippen molar-refractivity contribution in [1.82, 2.24) is 9.62 Å². The highest BCUT2D eigenvalue weighted by Crippen LogP contribution is 2.27. The Bertz CT molecular complexity index is 1090. The standard InChI is InChI=1S/C27H36N2O6S/c1-34-22-7-10-24(11-8-22)36(32,33)28-25-12-9-23(35-26(25)19-30)18-27(31)29-15-13-21(14-16-29)17-20-5-3-2-4-6-20/h2-8,10-11,21,23,25-26,28,30H,9,12-19H2,1H3/t23-,25+,26-/m1/s1. The highest BCUT2D eigenvalue weighted by molar-refractivity contribution is 7.89. The van der Waals surface area contributed by atoms with E-state index in [1.165, 1.54) is 24.8 Å². The number of nitrogens with one attached hydrogen (secondary N) is 1. The molecule has 8 nitrogen and oxygen atoms in total. The quantitative estimate of drug-likeness (QED) is 0.531. The molecule has 2 aromatic carbocycles. The van der Waals surface area contributed by atoms with E-state index in [9.17, 15) is 18.3 Å². The molecule has 36 heavy (non-hydrogen) atoms. The summed E-state index contributed by atoms with van der Waals surface area (Å²) in [5, 5.41) is 9.88. The van der Waals surface area contributed by atoms with Gasteiger partial charge in [-0.25, -0.2) is 13.1 Å². The zero-order chi connectivity index (χ0) is 25.5. The molecular weight excluding hydrogens is 480 g/mol. The SMILES string of the molecule is COc1ccc(S(=O)(=O)N[C@H]2CC[C@H](CC(=O)N3CCC(Cc4ccccc4)CC3)O[C@@H]2CO)cc1. The number of benzene rings is 2. The van der Waals surface area contributed by atoms with Gasteiger partial charge in [0.15, 0.2) is 0 Å². The van der Waals surface area contributed by atoms with Crippen LogP contribution in [0.4, 0.5) is 0 Å². The molecule has 196 valence electrons. The van der Waals surface area contributed by atoms with Gasteiger partial charge >= 0.3 is 0 Å². The Morgan fingerprint density at radius 1 is 1.06 bits per heavy atom. The molecule has 2 N–H and O–H groups in total. The number of aliphatic hydroxyl groups excluding tert-OH is 1. The molecular formula is C27H36N2O6S. The van der Waals surface area contributed by atoms with Crippen LogP contribution in [0.5, 0.6) is 5.75 Å². The maximum absolute atomic E-state index is 12.9. The molecule has 9 heteroatoms. The van der Waals surface area contributed by atoms with Crippen LogP contribution in [0.2, 0.25) is 0 Å². The number of sulfonamides is 1. The number of methoxy groups -OCH3 is 1. The number of piperidine rings is 1. The monoisotopic (exact) mass is 516 g/mol. The summed E-state index contributed by atoms with van der Waals surface area (Å²) >= 11 is 0. The maximum Gasteiger partial charge on any atom is 0.240 e. The molecule has 0 aromatic heterocycles. The van der Waals surface area contributed by atoms with Crippen molar-refractivity contribution in [3.8, 4) is 5.75 Å². The molecule has 0 spiro atoms. The largest absolute Gasteiger partial charge is 0.497 e. The highest BCUT2D eigenvalue weighted by Gasteiger charge is 2.35. The molecule has 0 aliphatic carbocycles. The summed E-state index contributed by atoms with van der Waals surface area (Å²) in [5.74, 6) is 1.21. The molecule has 1 amide bonds. The molecule has 2 fully saturated rings. The third kappa shape index (κ3) is 6.85. The van der Waals surface area contributed by atoms with Gasteiger partial charge in [0.2, 0.25) is 15.9 Å². The van der Waals surface area contributed by atoms with E-state index in [1.54, 1.807) is 12.1 Å². The number of hydrogen-bond acceptors (Lipinski definition) is 6. The first kappa shape index (κ1) is 26.6. The molecule has 0 radical (unpaired) electrons. The van der Waals surface area contributed by atoms with E-state index in [0.29, 0.717) is 24.5 Å². The van der Waals surface area contributed by atoms with Crippen molar-refractivity contribution < 1.29 is 27.8 Å². The molecule has 2 aromatic rings. The summed E-state index contributed by atoms with van der Waals surface area (Å²) in [6.07, 6.45) is 3.25. The Balaban J connectivity index is 1.25. The van der Waals surface area contributed by atoms with Crippen LogP contribution in [-0.4, -0.2) is 69.4 Å². The van der Waals surface area contributed by atoms with Crippen molar-refractivity contribution in [3.05, 3.63) is 60.2 Å². The third-order valence-corrected chi connectivity index (χ3v) is 8.71. The van der Waals surface area contributed by atoms with Crippen LogP contribution >= 0.6 is 0 Å². The van der Waals surface area contributed by atoms with Crippen molar-refractivity contribution >= 4 is 15.9 Å². The second-order valence-electron chi connectivity index (χ2n) is 9.68. The minimum absolute atomic E-state index is 0.0621. The minimum Gasteiger partial charge on any atom is -0.497 e. The summed E-state index contributed by atoms with van der Waals surface area (Å²) in [4.78, 5) is 15.0. The van der Waals surface area contributed by atoms with Gasteiger partial charge < -0.3 is 19.5 Å². The van der Waals surface area contributed by atoms with E-state index in [2.05, 4.69) is 29.0 Å². The average molecular weight is 517 g/mol. The van der Waals surface area contributed by atoms with Crippen molar-refractivity contribution in [3.63, 3.8) is 0 Å². The highest BCUT2D eigenvalue weighted by atomic mass is 32.2. The van der Waals surface area contributed by atoms with Crippen molar-refractivity contribution in [2.24, 2.45) is 5.92 Å². The van der Waals surface area contributed by atoms with E-state index in [4.69, 9.17) is 9.47 Å². The molecule has 2 heterocycles. The van der Waals surface area contributed by atoms with Gasteiger partial charge in [0.1, 0.15) is 5.75 Å². The van der Waals surface area contributed by atoms with Gasteiger partial charge in [-0.05, 0) is 67.9 Å². The number of amides is 1. The Kier molecular flexibility index (Phi) is 9.00. The van der Waals surface area contributed by atoms with E-state index < -0.39 is 22.2 Å². The first-order valence-corrected chi connectivity index (χ1v) is 14.1. The lowest BCUT2D eigenvalue weighted by Gasteiger charge is -2.37. The molecule has 0 unspecified atom stereocenters. The second kappa shape index (κ2) is 12.2. The Morgan fingerprint density at radius 3 is 2.39 bits per heavy atom. The van der Waals surface area contributed by atoms with Gasteiger partial charge in [-0.1, -0.05) is 30.3 Å². The van der Waals surface area contributed by atoms with Crippen LogP contribution in [0.25, 0.3) is 0 Å². The number of carbonyl (C=O) groups is 1. The normalized spacial score (nSPS) is 23.4. The zero-order valence-corrected chi connectivity index (χ0v) is 21.5. The van der Waals surface area contributed by atoms with E-state index >= 15 is 0 Å². The van der Waals surface area contributed by atoms with Crippen LogP contribution in [0.3, 0.4) is 0 Å². The number of rotatable bonds is 9. The van der Waals surface area contributed by atoms with Gasteiger partial charge in [-0.2, -0.15) is 0 Å². The Labute approximate surface area is 213 Å². The number of ether oxygens (including phenoxy) is 2. The van der Waals surface area contributed by atoms with Gasteiger partial charge in [0.05, 0.1) is 43.3 Å². The number of aliphatic hydroxyl groups is 1. The summed E-state index contributed by atoms with van der Waals surface area (Å²) in [7, 11) is -2.27. The van der Waals surface area contributed by atoms with Gasteiger partial charge in [0.25, 0.3) is 0 Å². The number of nitrogens with zero attached hydrogens (tertiary/aromatic N) is 1. The number of carbonyl (C=O) groups excluding carboxylic acids is 1. The van der Waals surface area contributed by atoms with Crippen molar-refractivity contribution in [2.75, 3.05) is 26.8 Å². The Morgan fingerprint density at radius 2 is 1.75 bits per heavy atom. The minimum atomic E-state index is -3.79. The fraction of sp³-hybridized carbons (Fsp3) is 0.519. The predicted molar refractivity (Wildman–Crippen MR) is 136 cm³/mol. The fourth-order valence-electron chi connectivity index (χ4n) is 5.10. The first-order chi connectivity index (χ1) is 17.4. The molecule has 2 saturated heterocycles. The number of hydrogen-bond donors (Lipinski definition) is 2. The summed E-state index contributed by atoms with van der Waals surface area (Å²) in [6.45, 7) is 1.17. The molecule has 4 rings (SSSR count). The lowest BCUT2D eigenvalue weighted by Crippen LogP contribution is -2.51. The predicted octanol–water partition coefficient (Wildman–Crippen LogP) is 2.75. The fourth-order valence-corrected chi connectivity index (χ4v) is 6.40. The van der Waals surface area contributed by atoms with E-state index in [-0.39, 0.29) is 29.9 Å². The molecule has 0 saturated carbocycles. The van der Waals surface area contributed by atoms with Gasteiger partial charge in [-0.3, -0.25) is 4.79 Å². The average Bonchev–Trinajstić information content (AvgIpc) is 2.90. The Hall–Kier alpha value is -2.46. The lowest BCUT2D eigenvalue weighted by molar-refractivity contribution is -0.141. The van der Waals surface area contributed by atoms with Crippen LogP contribution in [0, 0.1) is 5.92 Å². The smallest absolute Gasteiger partial charge is 0.240 e. The first-order valence-electron chi connectivity index (χ1n) is 12.6. The van der Waals surface area contributed by atoms with Crippen molar-refractivity contribution in [2.45, 2.75) is 61.7 Å². The maximum atomic E-state index is 12.9. The topological polar surface area (TPSA) is 105 Å². The van der Waals surface area contributed by atoms with Crippen LogP contribution in [0.15, 0.2) is 59.5 Å². The lowest BCUT2D eigenvalue weighted by atomic mass is 9.90. The van der Waals surface area contributed by atoms with Gasteiger partial charge in [-0.15, -0.1) is 0 Å². The zero-order valence-electron chi connectivity index (χ0n) is 20.7. The van der Waals surface area contributed by atoms with E-state index in [0.717, 1.165) is 32.4 Å². The second-order valence-corrected chi connectivity index (χ2v) is 11.4. The molecule has 0 bridgehead atoms. The number of likely N-dealkylation sites (tertiary alicyclic amines) is 1. The summed E-state index contributed by atoms with van der Waals surface area (Å²) < 4.78 is 39.4. The summed E-state index contributed by atoms with van der Waals surface area (Å²) in [6, 6.07) is 16.0. The van der Waals surface area contributed by atoms with E-state index in [1.807, 2.05) is 11.0 Å². The van der Waals surface area contributed by atoms with Crippen molar-refractivity contribution in [1.29, 1.82) is 0 Å². The van der Waals surface area contributed by atoms with Crippen LogP contribution < -0.4 is 9.46 Å². The molecule has 2 aliphatic rings. The van der Waals surface area contributed by atoms with Crippen LogP contribution in [-0.2, 0) is 26.0 Å². The summed E-state index contributed by atoms with van der Waals surface area (Å²) in [5.41, 5.74) is 1.34. The third-order valence-electron chi connectivity index (χ3n) is 7.21. The van der Waals surface area contributed by atoms with Gasteiger partial charge in [0, 0.05) is 13.1 Å². The molecule has 2 aliphatic heterocycles. The molecule has 3 atom stereocenters.